The summed E-state index contributed by atoms with van der Waals surface area (Å²) in [7, 11) is 0. The summed E-state index contributed by atoms with van der Waals surface area (Å²) in [5.41, 5.74) is 3.99. The van der Waals surface area contributed by atoms with Crippen molar-refractivity contribution in [3.8, 4) is 22.8 Å². The number of nitrogens with zero attached hydrogens (tertiary/aromatic N) is 4. The molecule has 0 N–H and O–H groups in total. The summed E-state index contributed by atoms with van der Waals surface area (Å²) in [5.74, 6) is 1.52. The maximum absolute atomic E-state index is 5.77. The average Bonchev–Trinajstić information content (AvgIpc) is 3.26. The first-order valence-electron chi connectivity index (χ1n) is 10.5. The number of fused-ring (bicyclic) bond motifs is 1. The predicted molar refractivity (Wildman–Crippen MR) is 127 cm³/mol. The van der Waals surface area contributed by atoms with Gasteiger partial charge in [0, 0.05) is 23.7 Å². The van der Waals surface area contributed by atoms with Crippen LogP contribution in [-0.4, -0.2) is 35.6 Å². The van der Waals surface area contributed by atoms with Crippen molar-refractivity contribution in [1.82, 2.24) is 9.66 Å². The minimum Gasteiger partial charge on any atom is -0.486 e. The second-order valence-corrected chi connectivity index (χ2v) is 8.03. The zero-order valence-corrected chi connectivity index (χ0v) is 18.2. The maximum atomic E-state index is 5.77. The van der Waals surface area contributed by atoms with Crippen LogP contribution in [0.4, 0.5) is 0 Å². The predicted octanol–water partition coefficient (Wildman–Crippen LogP) is 4.41. The molecule has 0 bridgehead atoms. The molecule has 32 heavy (non-hydrogen) atoms. The monoisotopic (exact) mass is 442 g/mol. The van der Waals surface area contributed by atoms with E-state index in [1.807, 2.05) is 47.1 Å². The molecule has 2 aromatic heterocycles. The Morgan fingerprint density at radius 1 is 0.969 bits per heavy atom. The number of pyridine rings is 1. The Morgan fingerprint density at radius 3 is 2.66 bits per heavy atom. The summed E-state index contributed by atoms with van der Waals surface area (Å²) < 4.78 is 13.3. The van der Waals surface area contributed by atoms with Crippen molar-refractivity contribution in [3.63, 3.8) is 0 Å². The Balaban J connectivity index is 1.50. The van der Waals surface area contributed by atoms with Gasteiger partial charge in [-0.15, -0.1) is 11.3 Å². The number of benzene rings is 2. The van der Waals surface area contributed by atoms with Crippen LogP contribution in [0.5, 0.6) is 11.5 Å². The lowest BCUT2D eigenvalue weighted by Crippen LogP contribution is -2.16. The van der Waals surface area contributed by atoms with Gasteiger partial charge < -0.3 is 9.47 Å². The van der Waals surface area contributed by atoms with Crippen molar-refractivity contribution < 1.29 is 9.47 Å². The van der Waals surface area contributed by atoms with Gasteiger partial charge in [-0.1, -0.05) is 36.4 Å². The number of thiazole rings is 1. The molecule has 0 saturated carbocycles. The Hall–Kier alpha value is -3.71. The molecule has 1 aliphatic heterocycles. The lowest BCUT2D eigenvalue weighted by molar-refractivity contribution is 0.171. The minimum atomic E-state index is 0.554. The highest BCUT2D eigenvalue weighted by Crippen LogP contribution is 2.34. The Bertz CT molecular complexity index is 1280. The van der Waals surface area contributed by atoms with Crippen molar-refractivity contribution in [3.05, 3.63) is 94.4 Å². The van der Waals surface area contributed by atoms with Crippen molar-refractivity contribution in [2.75, 3.05) is 19.8 Å². The van der Waals surface area contributed by atoms with E-state index >= 15 is 0 Å². The average molecular weight is 443 g/mol. The summed E-state index contributed by atoms with van der Waals surface area (Å²) in [4.78, 5) is 10.0. The van der Waals surface area contributed by atoms with Crippen LogP contribution in [0, 0.1) is 0 Å². The summed E-state index contributed by atoms with van der Waals surface area (Å²) >= 11 is 1.57. The van der Waals surface area contributed by atoms with Gasteiger partial charge >= 0.3 is 0 Å². The third kappa shape index (κ3) is 4.63. The van der Waals surface area contributed by atoms with Gasteiger partial charge in [0.1, 0.15) is 13.2 Å². The van der Waals surface area contributed by atoms with Gasteiger partial charge in [-0.05, 0) is 42.3 Å². The number of ether oxygens (including phenoxy) is 2. The molecule has 0 amide bonds. The quantitative estimate of drug-likeness (QED) is 0.416. The zero-order valence-electron chi connectivity index (χ0n) is 17.4. The van der Waals surface area contributed by atoms with Crippen LogP contribution in [0.15, 0.2) is 88.4 Å². The van der Waals surface area contributed by atoms with Crippen LogP contribution in [-0.2, 0) is 6.42 Å². The van der Waals surface area contributed by atoms with Crippen molar-refractivity contribution in [1.29, 1.82) is 0 Å². The highest BCUT2D eigenvalue weighted by molar-refractivity contribution is 7.07. The lowest BCUT2D eigenvalue weighted by Gasteiger charge is -2.18. The zero-order chi connectivity index (χ0) is 21.6. The Kier molecular flexibility index (Phi) is 6.07. The van der Waals surface area contributed by atoms with E-state index < -0.39 is 0 Å². The summed E-state index contributed by atoms with van der Waals surface area (Å²) in [6.07, 6.45) is 4.39. The molecule has 6 nitrogen and oxygen atoms in total. The smallest absolute Gasteiger partial charge is 0.206 e. The summed E-state index contributed by atoms with van der Waals surface area (Å²) in [5, 5.41) is 6.80. The second kappa shape index (κ2) is 9.62. The topological polar surface area (TPSA) is 61.0 Å². The molecule has 0 spiro atoms. The van der Waals surface area contributed by atoms with Crippen LogP contribution in [0.2, 0.25) is 0 Å². The number of rotatable bonds is 6. The fourth-order valence-corrected chi connectivity index (χ4v) is 4.28. The molecule has 160 valence electrons. The molecule has 0 aliphatic carbocycles. The van der Waals surface area contributed by atoms with Gasteiger partial charge in [0.15, 0.2) is 11.5 Å². The number of hydrogen-bond donors (Lipinski definition) is 0. The van der Waals surface area contributed by atoms with E-state index in [1.165, 1.54) is 5.56 Å². The number of aromatic nitrogens is 2. The van der Waals surface area contributed by atoms with E-state index in [2.05, 4.69) is 34.6 Å². The van der Waals surface area contributed by atoms with E-state index in [4.69, 9.17) is 19.6 Å². The van der Waals surface area contributed by atoms with Gasteiger partial charge in [-0.2, -0.15) is 5.10 Å². The SMILES string of the molecule is C(=N\n1c(-c2ccc3c(c2)OCCO3)csc1=NCCc1ccccc1)/c1ccccn1. The molecular weight excluding hydrogens is 420 g/mol. The Labute approximate surface area is 190 Å². The van der Waals surface area contributed by atoms with Crippen LogP contribution in [0.25, 0.3) is 11.3 Å². The molecule has 0 atom stereocenters. The van der Waals surface area contributed by atoms with E-state index in [0.717, 1.165) is 39.7 Å². The van der Waals surface area contributed by atoms with Gasteiger partial charge in [-0.3, -0.25) is 9.98 Å². The minimum absolute atomic E-state index is 0.554. The first-order valence-corrected chi connectivity index (χ1v) is 11.4. The molecule has 3 heterocycles. The van der Waals surface area contributed by atoms with E-state index in [-0.39, 0.29) is 0 Å². The first-order chi connectivity index (χ1) is 15.9. The summed E-state index contributed by atoms with van der Waals surface area (Å²) in [6, 6.07) is 22.1. The van der Waals surface area contributed by atoms with Crippen LogP contribution in [0.1, 0.15) is 11.3 Å². The van der Waals surface area contributed by atoms with Crippen molar-refractivity contribution in [2.24, 2.45) is 10.1 Å². The highest BCUT2D eigenvalue weighted by Gasteiger charge is 2.15. The van der Waals surface area contributed by atoms with Gasteiger partial charge in [-0.25, -0.2) is 4.68 Å². The molecule has 5 rings (SSSR count). The number of hydrogen-bond acceptors (Lipinski definition) is 6. The second-order valence-electron chi connectivity index (χ2n) is 7.19. The Morgan fingerprint density at radius 2 is 1.81 bits per heavy atom. The van der Waals surface area contributed by atoms with Gasteiger partial charge in [0.25, 0.3) is 0 Å². The molecule has 2 aromatic carbocycles. The lowest BCUT2D eigenvalue weighted by atomic mass is 10.1. The fraction of sp³-hybridized carbons (Fsp3) is 0.160. The normalized spacial score (nSPS) is 13.6. The molecule has 0 unspecified atom stereocenters. The van der Waals surface area contributed by atoms with E-state index in [1.54, 1.807) is 23.7 Å². The largest absolute Gasteiger partial charge is 0.486 e. The molecular formula is C25H22N4O2S. The first kappa shape index (κ1) is 20.2. The maximum Gasteiger partial charge on any atom is 0.206 e. The fourth-order valence-electron chi connectivity index (χ4n) is 3.41. The molecule has 7 heteroatoms. The molecule has 4 aromatic rings. The third-order valence-corrected chi connectivity index (χ3v) is 5.86. The van der Waals surface area contributed by atoms with Crippen LogP contribution >= 0.6 is 11.3 Å². The third-order valence-electron chi connectivity index (χ3n) is 5.01. The highest BCUT2D eigenvalue weighted by atomic mass is 32.1. The van der Waals surface area contributed by atoms with Crippen molar-refractivity contribution >= 4 is 17.6 Å². The van der Waals surface area contributed by atoms with Gasteiger partial charge in [0.05, 0.1) is 17.6 Å². The standard InChI is InChI=1S/C25H22N4O2S/c1-2-6-19(7-3-1)11-13-27-25-29(28-17-21-8-4-5-12-26-21)22(18-32-25)20-9-10-23-24(16-20)31-15-14-30-23/h1-10,12,16-18H,11,13-15H2/b27-25?,28-17+. The van der Waals surface area contributed by atoms with E-state index in [0.29, 0.717) is 19.8 Å². The molecule has 0 radical (unpaired) electrons. The van der Waals surface area contributed by atoms with Crippen LogP contribution in [0.3, 0.4) is 0 Å². The van der Waals surface area contributed by atoms with Crippen molar-refractivity contribution in [2.45, 2.75) is 6.42 Å². The summed E-state index contributed by atoms with van der Waals surface area (Å²) in [6.45, 7) is 1.81. The van der Waals surface area contributed by atoms with Gasteiger partial charge in [0.2, 0.25) is 4.80 Å². The molecule has 0 fully saturated rings. The molecule has 1 aliphatic rings. The van der Waals surface area contributed by atoms with Crippen LogP contribution < -0.4 is 14.3 Å². The molecule has 0 saturated heterocycles. The van der Waals surface area contributed by atoms with E-state index in [9.17, 15) is 0 Å².